The molecule has 0 amide bonds. The second kappa shape index (κ2) is 6.86. The standard InChI is InChI=1S/C13H13ClO3/c1-2-17-13(16)9-12(15)8-5-10-3-6-11(14)7-4-10/h3-8H,2,9H2,1H3. The Balaban J connectivity index is 2.50. The van der Waals surface area contributed by atoms with E-state index in [1.807, 2.05) is 0 Å². The Hall–Kier alpha value is -1.61. The minimum Gasteiger partial charge on any atom is -0.466 e. The first kappa shape index (κ1) is 13.5. The van der Waals surface area contributed by atoms with Gasteiger partial charge in [-0.2, -0.15) is 0 Å². The van der Waals surface area contributed by atoms with Crippen molar-refractivity contribution in [3.05, 3.63) is 40.9 Å². The molecule has 17 heavy (non-hydrogen) atoms. The third-order valence-electron chi connectivity index (χ3n) is 1.96. The quantitative estimate of drug-likeness (QED) is 0.460. The van der Waals surface area contributed by atoms with Crippen LogP contribution in [-0.2, 0) is 14.3 Å². The summed E-state index contributed by atoms with van der Waals surface area (Å²) < 4.78 is 4.67. The Morgan fingerprint density at radius 1 is 1.29 bits per heavy atom. The lowest BCUT2D eigenvalue weighted by Gasteiger charge is -1.98. The van der Waals surface area contributed by atoms with Crippen molar-refractivity contribution in [2.45, 2.75) is 13.3 Å². The summed E-state index contributed by atoms with van der Waals surface area (Å²) in [7, 11) is 0. The minimum atomic E-state index is -0.502. The molecule has 0 radical (unpaired) electrons. The van der Waals surface area contributed by atoms with E-state index in [9.17, 15) is 9.59 Å². The van der Waals surface area contributed by atoms with Crippen molar-refractivity contribution in [1.82, 2.24) is 0 Å². The molecule has 1 aromatic rings. The first-order valence-corrected chi connectivity index (χ1v) is 5.61. The van der Waals surface area contributed by atoms with Gasteiger partial charge >= 0.3 is 5.97 Å². The Morgan fingerprint density at radius 3 is 2.53 bits per heavy atom. The SMILES string of the molecule is CCOC(=O)CC(=O)C=Cc1ccc(Cl)cc1. The van der Waals surface area contributed by atoms with Crippen molar-refractivity contribution in [2.75, 3.05) is 6.61 Å². The van der Waals surface area contributed by atoms with Gasteiger partial charge in [0.25, 0.3) is 0 Å². The van der Waals surface area contributed by atoms with E-state index in [0.717, 1.165) is 5.56 Å². The maximum atomic E-state index is 11.4. The maximum Gasteiger partial charge on any atom is 0.313 e. The predicted octanol–water partition coefficient (Wildman–Crippen LogP) is 2.88. The summed E-state index contributed by atoms with van der Waals surface area (Å²) in [4.78, 5) is 22.4. The summed E-state index contributed by atoms with van der Waals surface area (Å²) in [5.41, 5.74) is 0.853. The average molecular weight is 253 g/mol. The molecule has 0 spiro atoms. The van der Waals surface area contributed by atoms with Gasteiger partial charge in [0.15, 0.2) is 5.78 Å². The highest BCUT2D eigenvalue weighted by Gasteiger charge is 2.06. The maximum absolute atomic E-state index is 11.4. The number of carbonyl (C=O) groups is 2. The Kier molecular flexibility index (Phi) is 5.43. The molecule has 0 unspecified atom stereocenters. The van der Waals surface area contributed by atoms with E-state index in [1.165, 1.54) is 6.08 Å². The van der Waals surface area contributed by atoms with Crippen molar-refractivity contribution < 1.29 is 14.3 Å². The van der Waals surface area contributed by atoms with Crippen molar-refractivity contribution in [3.63, 3.8) is 0 Å². The first-order chi connectivity index (χ1) is 8.11. The van der Waals surface area contributed by atoms with Crippen LogP contribution in [0.4, 0.5) is 0 Å². The molecular weight excluding hydrogens is 240 g/mol. The second-order valence-electron chi connectivity index (χ2n) is 3.33. The van der Waals surface area contributed by atoms with Gasteiger partial charge in [0, 0.05) is 5.02 Å². The van der Waals surface area contributed by atoms with Crippen molar-refractivity contribution in [1.29, 1.82) is 0 Å². The third kappa shape index (κ3) is 5.31. The number of ether oxygens (including phenoxy) is 1. The molecule has 90 valence electrons. The monoisotopic (exact) mass is 252 g/mol. The van der Waals surface area contributed by atoms with E-state index in [2.05, 4.69) is 4.74 Å². The van der Waals surface area contributed by atoms with Gasteiger partial charge < -0.3 is 4.74 Å². The molecule has 1 aromatic carbocycles. The third-order valence-corrected chi connectivity index (χ3v) is 2.21. The molecule has 1 rings (SSSR count). The summed E-state index contributed by atoms with van der Waals surface area (Å²) in [5.74, 6) is -0.781. The molecule has 0 aliphatic carbocycles. The molecule has 4 heteroatoms. The fraction of sp³-hybridized carbons (Fsp3) is 0.231. The highest BCUT2D eigenvalue weighted by Crippen LogP contribution is 2.10. The lowest BCUT2D eigenvalue weighted by Crippen LogP contribution is -2.08. The average Bonchev–Trinajstić information content (AvgIpc) is 2.28. The topological polar surface area (TPSA) is 43.4 Å². The normalized spacial score (nSPS) is 10.5. The first-order valence-electron chi connectivity index (χ1n) is 5.24. The van der Waals surface area contributed by atoms with Crippen LogP contribution in [0.25, 0.3) is 6.08 Å². The van der Waals surface area contributed by atoms with Crippen LogP contribution < -0.4 is 0 Å². The highest BCUT2D eigenvalue weighted by molar-refractivity contribution is 6.30. The van der Waals surface area contributed by atoms with E-state index >= 15 is 0 Å². The molecule has 0 heterocycles. The number of hydrogen-bond acceptors (Lipinski definition) is 3. The van der Waals surface area contributed by atoms with Gasteiger partial charge in [0.2, 0.25) is 0 Å². The van der Waals surface area contributed by atoms with Crippen molar-refractivity contribution in [2.24, 2.45) is 0 Å². The Bertz CT molecular complexity index is 421. The molecule has 0 aliphatic rings. The van der Waals surface area contributed by atoms with Gasteiger partial charge in [-0.25, -0.2) is 0 Å². The van der Waals surface area contributed by atoms with Gasteiger partial charge in [0.05, 0.1) is 6.61 Å². The number of halogens is 1. The van der Waals surface area contributed by atoms with E-state index in [-0.39, 0.29) is 18.8 Å². The zero-order chi connectivity index (χ0) is 12.7. The molecule has 3 nitrogen and oxygen atoms in total. The predicted molar refractivity (Wildman–Crippen MR) is 66.7 cm³/mol. The largest absolute Gasteiger partial charge is 0.466 e. The van der Waals surface area contributed by atoms with Crippen LogP contribution in [0.15, 0.2) is 30.3 Å². The molecule has 0 N–H and O–H groups in total. The number of benzene rings is 1. The van der Waals surface area contributed by atoms with Gasteiger partial charge in [-0.15, -0.1) is 0 Å². The van der Waals surface area contributed by atoms with Crippen LogP contribution in [0, 0.1) is 0 Å². The molecule has 0 saturated carbocycles. The van der Waals surface area contributed by atoms with Crippen LogP contribution in [0.5, 0.6) is 0 Å². The summed E-state index contributed by atoms with van der Waals surface area (Å²) in [6.07, 6.45) is 2.77. The van der Waals surface area contributed by atoms with Crippen LogP contribution in [0.3, 0.4) is 0 Å². The summed E-state index contributed by atoms with van der Waals surface area (Å²) in [6.45, 7) is 1.99. The number of ketones is 1. The van der Waals surface area contributed by atoms with Crippen LogP contribution in [0.1, 0.15) is 18.9 Å². The van der Waals surface area contributed by atoms with E-state index in [4.69, 9.17) is 11.6 Å². The smallest absolute Gasteiger partial charge is 0.313 e. The second-order valence-corrected chi connectivity index (χ2v) is 3.77. The van der Waals surface area contributed by atoms with Crippen molar-refractivity contribution >= 4 is 29.4 Å². The number of carbonyl (C=O) groups excluding carboxylic acids is 2. The molecule has 0 aromatic heterocycles. The van der Waals surface area contributed by atoms with E-state index < -0.39 is 5.97 Å². The fourth-order valence-electron chi connectivity index (χ4n) is 1.18. The Labute approximate surface area is 105 Å². The van der Waals surface area contributed by atoms with Crippen LogP contribution in [0.2, 0.25) is 5.02 Å². The van der Waals surface area contributed by atoms with Gasteiger partial charge in [-0.1, -0.05) is 29.8 Å². The molecule has 0 atom stereocenters. The number of esters is 1. The molecule has 0 aliphatic heterocycles. The summed E-state index contributed by atoms with van der Waals surface area (Å²) >= 11 is 5.73. The summed E-state index contributed by atoms with van der Waals surface area (Å²) in [5, 5.41) is 0.639. The molecule has 0 fully saturated rings. The van der Waals surface area contributed by atoms with Crippen LogP contribution >= 0.6 is 11.6 Å². The fourth-order valence-corrected chi connectivity index (χ4v) is 1.30. The van der Waals surface area contributed by atoms with Crippen molar-refractivity contribution in [3.8, 4) is 0 Å². The number of rotatable bonds is 5. The lowest BCUT2D eigenvalue weighted by atomic mass is 10.2. The zero-order valence-corrected chi connectivity index (χ0v) is 10.2. The molecule has 0 bridgehead atoms. The minimum absolute atomic E-state index is 0.224. The van der Waals surface area contributed by atoms with E-state index in [1.54, 1.807) is 37.3 Å². The lowest BCUT2D eigenvalue weighted by molar-refractivity contribution is -0.144. The Morgan fingerprint density at radius 2 is 1.94 bits per heavy atom. The van der Waals surface area contributed by atoms with Gasteiger partial charge in [-0.05, 0) is 30.7 Å². The zero-order valence-electron chi connectivity index (χ0n) is 9.48. The number of allylic oxidation sites excluding steroid dienone is 1. The molecular formula is C13H13ClO3. The molecule has 0 saturated heterocycles. The highest BCUT2D eigenvalue weighted by atomic mass is 35.5. The summed E-state index contributed by atoms with van der Waals surface area (Å²) in [6, 6.07) is 7.04. The van der Waals surface area contributed by atoms with E-state index in [0.29, 0.717) is 5.02 Å². The van der Waals surface area contributed by atoms with Crippen LogP contribution in [-0.4, -0.2) is 18.4 Å². The number of hydrogen-bond donors (Lipinski definition) is 0. The van der Waals surface area contributed by atoms with Gasteiger partial charge in [-0.3, -0.25) is 9.59 Å². The van der Waals surface area contributed by atoms with Gasteiger partial charge in [0.1, 0.15) is 6.42 Å².